The van der Waals surface area contributed by atoms with E-state index < -0.39 is 0 Å². The van der Waals surface area contributed by atoms with Crippen LogP contribution in [0.5, 0.6) is 5.75 Å². The van der Waals surface area contributed by atoms with E-state index in [-0.39, 0.29) is 12.3 Å². The molecule has 0 bridgehead atoms. The number of rotatable bonds is 4. The Kier molecular flexibility index (Phi) is 4.02. The third-order valence-corrected chi connectivity index (χ3v) is 3.20. The Balaban J connectivity index is 1.81. The van der Waals surface area contributed by atoms with E-state index in [9.17, 15) is 0 Å². The zero-order valence-electron chi connectivity index (χ0n) is 10.8. The molecule has 2 unspecified atom stereocenters. The number of hydrogen-bond acceptors (Lipinski definition) is 3. The van der Waals surface area contributed by atoms with E-state index >= 15 is 0 Å². The van der Waals surface area contributed by atoms with Gasteiger partial charge in [0, 0.05) is 6.54 Å². The molecule has 3 heteroatoms. The van der Waals surface area contributed by atoms with Gasteiger partial charge in [-0.2, -0.15) is 0 Å². The number of ether oxygens (including phenoxy) is 2. The Hall–Kier alpha value is -1.06. The maximum Gasteiger partial charge on any atom is 0.119 e. The standard InChI is InChI=1S/C14H21NO2/c1-4-15-9-14(17-12(15)3)10-16-13-7-5-11(2)6-8-13/h5-8,12,14H,4,9-10H2,1-3H3. The van der Waals surface area contributed by atoms with Crippen LogP contribution < -0.4 is 4.74 Å². The normalized spacial score (nSPS) is 25.1. The summed E-state index contributed by atoms with van der Waals surface area (Å²) in [6, 6.07) is 8.13. The molecule has 0 spiro atoms. The summed E-state index contributed by atoms with van der Waals surface area (Å²) in [6.07, 6.45) is 0.401. The third kappa shape index (κ3) is 3.20. The van der Waals surface area contributed by atoms with Gasteiger partial charge in [-0.25, -0.2) is 0 Å². The summed E-state index contributed by atoms with van der Waals surface area (Å²) in [5.74, 6) is 0.918. The minimum Gasteiger partial charge on any atom is -0.491 e. The van der Waals surface area contributed by atoms with Crippen LogP contribution in [0.25, 0.3) is 0 Å². The lowest BCUT2D eigenvalue weighted by atomic mass is 10.2. The van der Waals surface area contributed by atoms with Crippen molar-refractivity contribution in [3.63, 3.8) is 0 Å². The lowest BCUT2D eigenvalue weighted by Crippen LogP contribution is -2.28. The number of likely N-dealkylation sites (N-methyl/N-ethyl adjacent to an activating group) is 1. The summed E-state index contributed by atoms with van der Waals surface area (Å²) in [6.45, 7) is 8.94. The highest BCUT2D eigenvalue weighted by atomic mass is 16.6. The third-order valence-electron chi connectivity index (χ3n) is 3.20. The van der Waals surface area contributed by atoms with Crippen LogP contribution in [0.4, 0.5) is 0 Å². The molecular weight excluding hydrogens is 214 g/mol. The highest BCUT2D eigenvalue weighted by molar-refractivity contribution is 5.26. The van der Waals surface area contributed by atoms with Gasteiger partial charge in [0.2, 0.25) is 0 Å². The molecule has 1 aromatic rings. The predicted molar refractivity (Wildman–Crippen MR) is 68.3 cm³/mol. The Morgan fingerprint density at radius 2 is 2.06 bits per heavy atom. The topological polar surface area (TPSA) is 21.7 Å². The van der Waals surface area contributed by atoms with Gasteiger partial charge in [-0.05, 0) is 32.5 Å². The summed E-state index contributed by atoms with van der Waals surface area (Å²) in [4.78, 5) is 2.31. The van der Waals surface area contributed by atoms with Crippen molar-refractivity contribution in [2.24, 2.45) is 0 Å². The summed E-state index contributed by atoms with van der Waals surface area (Å²) in [5.41, 5.74) is 1.25. The molecule has 0 radical (unpaired) electrons. The predicted octanol–water partition coefficient (Wildman–Crippen LogP) is 2.44. The van der Waals surface area contributed by atoms with Crippen LogP contribution >= 0.6 is 0 Å². The first-order chi connectivity index (χ1) is 8.19. The fourth-order valence-electron chi connectivity index (χ4n) is 2.12. The van der Waals surface area contributed by atoms with Crippen molar-refractivity contribution in [1.82, 2.24) is 4.90 Å². The molecule has 94 valence electrons. The zero-order valence-corrected chi connectivity index (χ0v) is 10.8. The zero-order chi connectivity index (χ0) is 12.3. The first-order valence-electron chi connectivity index (χ1n) is 6.28. The Morgan fingerprint density at radius 3 is 2.65 bits per heavy atom. The maximum atomic E-state index is 5.81. The Bertz CT molecular complexity index is 350. The number of nitrogens with zero attached hydrogens (tertiary/aromatic N) is 1. The largest absolute Gasteiger partial charge is 0.491 e. The van der Waals surface area contributed by atoms with Crippen molar-refractivity contribution in [3.8, 4) is 5.75 Å². The Morgan fingerprint density at radius 1 is 1.35 bits per heavy atom. The highest BCUT2D eigenvalue weighted by Gasteiger charge is 2.28. The number of aryl methyl sites for hydroxylation is 1. The molecule has 0 aliphatic carbocycles. The van der Waals surface area contributed by atoms with Crippen molar-refractivity contribution in [1.29, 1.82) is 0 Å². The van der Waals surface area contributed by atoms with Gasteiger partial charge in [0.25, 0.3) is 0 Å². The minimum absolute atomic E-state index is 0.186. The molecule has 2 rings (SSSR count). The second kappa shape index (κ2) is 5.52. The summed E-state index contributed by atoms with van der Waals surface area (Å²) in [5, 5.41) is 0. The summed E-state index contributed by atoms with van der Waals surface area (Å²) >= 11 is 0. The average Bonchev–Trinajstić information content (AvgIpc) is 2.69. The van der Waals surface area contributed by atoms with E-state index in [1.54, 1.807) is 0 Å². The second-order valence-corrected chi connectivity index (χ2v) is 4.57. The molecule has 2 atom stereocenters. The van der Waals surface area contributed by atoms with Gasteiger partial charge >= 0.3 is 0 Å². The molecule has 0 aromatic heterocycles. The molecule has 1 aliphatic rings. The molecule has 1 aliphatic heterocycles. The average molecular weight is 235 g/mol. The van der Waals surface area contributed by atoms with Crippen molar-refractivity contribution in [2.45, 2.75) is 33.1 Å². The van der Waals surface area contributed by atoms with E-state index in [4.69, 9.17) is 9.47 Å². The Labute approximate surface area is 103 Å². The molecule has 0 amide bonds. The van der Waals surface area contributed by atoms with Gasteiger partial charge in [-0.3, -0.25) is 4.90 Å². The van der Waals surface area contributed by atoms with Crippen LogP contribution in [0.2, 0.25) is 0 Å². The van der Waals surface area contributed by atoms with Gasteiger partial charge < -0.3 is 9.47 Å². The lowest BCUT2D eigenvalue weighted by Gasteiger charge is -2.15. The van der Waals surface area contributed by atoms with Gasteiger partial charge in [0.1, 0.15) is 24.7 Å². The second-order valence-electron chi connectivity index (χ2n) is 4.57. The van der Waals surface area contributed by atoms with E-state index in [1.807, 2.05) is 12.1 Å². The monoisotopic (exact) mass is 235 g/mol. The number of benzene rings is 1. The fraction of sp³-hybridized carbons (Fsp3) is 0.571. The van der Waals surface area contributed by atoms with Crippen molar-refractivity contribution >= 4 is 0 Å². The minimum atomic E-state index is 0.186. The van der Waals surface area contributed by atoms with Crippen molar-refractivity contribution < 1.29 is 9.47 Å². The van der Waals surface area contributed by atoms with Crippen LogP contribution in [-0.2, 0) is 4.74 Å². The molecule has 3 nitrogen and oxygen atoms in total. The highest BCUT2D eigenvalue weighted by Crippen LogP contribution is 2.17. The maximum absolute atomic E-state index is 5.81. The SMILES string of the molecule is CCN1CC(COc2ccc(C)cc2)OC1C. The molecule has 17 heavy (non-hydrogen) atoms. The first kappa shape index (κ1) is 12.4. The van der Waals surface area contributed by atoms with Gasteiger partial charge in [-0.1, -0.05) is 24.6 Å². The summed E-state index contributed by atoms with van der Waals surface area (Å²) in [7, 11) is 0. The molecule has 1 aromatic carbocycles. The van der Waals surface area contributed by atoms with E-state index in [0.717, 1.165) is 18.8 Å². The van der Waals surface area contributed by atoms with Crippen LogP contribution in [0, 0.1) is 6.92 Å². The molecule has 1 fully saturated rings. The first-order valence-corrected chi connectivity index (χ1v) is 6.28. The van der Waals surface area contributed by atoms with E-state index in [1.165, 1.54) is 5.56 Å². The summed E-state index contributed by atoms with van der Waals surface area (Å²) < 4.78 is 11.5. The molecule has 0 N–H and O–H groups in total. The van der Waals surface area contributed by atoms with Crippen molar-refractivity contribution in [2.75, 3.05) is 19.7 Å². The van der Waals surface area contributed by atoms with Crippen LogP contribution in [0.3, 0.4) is 0 Å². The molecule has 0 saturated carbocycles. The van der Waals surface area contributed by atoms with E-state index in [0.29, 0.717) is 6.61 Å². The number of hydrogen-bond donors (Lipinski definition) is 0. The quantitative estimate of drug-likeness (QED) is 0.800. The van der Waals surface area contributed by atoms with Crippen LogP contribution in [0.15, 0.2) is 24.3 Å². The van der Waals surface area contributed by atoms with Crippen LogP contribution in [-0.4, -0.2) is 36.9 Å². The molecular formula is C14H21NO2. The van der Waals surface area contributed by atoms with Gasteiger partial charge in [0.05, 0.1) is 0 Å². The molecule has 1 saturated heterocycles. The van der Waals surface area contributed by atoms with E-state index in [2.05, 4.69) is 37.8 Å². The lowest BCUT2D eigenvalue weighted by molar-refractivity contribution is -0.00104. The van der Waals surface area contributed by atoms with Gasteiger partial charge in [-0.15, -0.1) is 0 Å². The van der Waals surface area contributed by atoms with Crippen LogP contribution in [0.1, 0.15) is 19.4 Å². The van der Waals surface area contributed by atoms with Crippen molar-refractivity contribution in [3.05, 3.63) is 29.8 Å². The molecule has 1 heterocycles. The fourth-order valence-corrected chi connectivity index (χ4v) is 2.12. The smallest absolute Gasteiger partial charge is 0.119 e. The van der Waals surface area contributed by atoms with Gasteiger partial charge in [0.15, 0.2) is 0 Å².